The van der Waals surface area contributed by atoms with E-state index in [2.05, 4.69) is 0 Å². The maximum atomic E-state index is 12.7. The first-order valence-corrected chi connectivity index (χ1v) is 7.26. The molecule has 0 saturated heterocycles. The summed E-state index contributed by atoms with van der Waals surface area (Å²) >= 11 is 0. The van der Waals surface area contributed by atoms with Crippen molar-refractivity contribution < 1.29 is 14.4 Å². The molecule has 0 saturated carbocycles. The van der Waals surface area contributed by atoms with E-state index >= 15 is 0 Å². The summed E-state index contributed by atoms with van der Waals surface area (Å²) in [6.45, 7) is 0. The number of hydrogen-bond acceptors (Lipinski definition) is 3. The average Bonchev–Trinajstić information content (AvgIpc) is 2.66. The largest absolute Gasteiger partial charge is 0.312 e. The number of anilines is 2. The number of benzene rings is 2. The molecule has 5 heteroatoms. The quantitative estimate of drug-likeness (QED) is 0.631. The SMILES string of the molecule is CN1C(=O)C(C(=O)c2ccccc2)C(=O)N(C)c2ccccc21. The molecule has 3 rings (SSSR count). The molecule has 23 heavy (non-hydrogen) atoms. The van der Waals surface area contributed by atoms with Crippen LogP contribution < -0.4 is 9.80 Å². The molecule has 0 aliphatic carbocycles. The van der Waals surface area contributed by atoms with Crippen LogP contribution in [0, 0.1) is 5.92 Å². The number of carbonyl (C=O) groups is 3. The summed E-state index contributed by atoms with van der Waals surface area (Å²) in [5.41, 5.74) is 1.57. The van der Waals surface area contributed by atoms with E-state index < -0.39 is 23.5 Å². The molecule has 1 aliphatic heterocycles. The zero-order chi connectivity index (χ0) is 16.6. The maximum absolute atomic E-state index is 12.7. The predicted molar refractivity (Wildman–Crippen MR) is 87.5 cm³/mol. The van der Waals surface area contributed by atoms with Gasteiger partial charge in [-0.2, -0.15) is 0 Å². The number of rotatable bonds is 2. The predicted octanol–water partition coefficient (Wildman–Crippen LogP) is 2.12. The lowest BCUT2D eigenvalue weighted by atomic mass is 9.95. The molecule has 0 fully saturated rings. The van der Waals surface area contributed by atoms with E-state index in [-0.39, 0.29) is 0 Å². The number of fused-ring (bicyclic) bond motifs is 1. The van der Waals surface area contributed by atoms with Crippen molar-refractivity contribution >= 4 is 29.0 Å². The number of para-hydroxylation sites is 2. The molecule has 0 spiro atoms. The van der Waals surface area contributed by atoms with Gasteiger partial charge < -0.3 is 9.80 Å². The first-order chi connectivity index (χ1) is 11.0. The molecule has 2 amide bonds. The van der Waals surface area contributed by atoms with Gasteiger partial charge in [0.2, 0.25) is 11.8 Å². The van der Waals surface area contributed by atoms with E-state index in [0.29, 0.717) is 16.9 Å². The van der Waals surface area contributed by atoms with Crippen molar-refractivity contribution in [2.45, 2.75) is 0 Å². The van der Waals surface area contributed by atoms with Crippen LogP contribution in [0.4, 0.5) is 11.4 Å². The fourth-order valence-electron chi connectivity index (χ4n) is 2.76. The molecule has 116 valence electrons. The van der Waals surface area contributed by atoms with Gasteiger partial charge in [-0.15, -0.1) is 0 Å². The second kappa shape index (κ2) is 5.68. The molecule has 2 aromatic rings. The van der Waals surface area contributed by atoms with Gasteiger partial charge in [-0.3, -0.25) is 14.4 Å². The first kappa shape index (κ1) is 15.0. The third-order valence-corrected chi connectivity index (χ3v) is 4.08. The van der Waals surface area contributed by atoms with Gasteiger partial charge in [0.05, 0.1) is 11.4 Å². The second-order valence-corrected chi connectivity index (χ2v) is 5.45. The molecule has 0 atom stereocenters. The van der Waals surface area contributed by atoms with Crippen LogP contribution in [0.2, 0.25) is 0 Å². The van der Waals surface area contributed by atoms with Gasteiger partial charge in [0.15, 0.2) is 11.7 Å². The Hall–Kier alpha value is -2.95. The minimum absolute atomic E-state index is 0.354. The molecular weight excluding hydrogens is 292 g/mol. The Balaban J connectivity index is 2.08. The van der Waals surface area contributed by atoms with E-state index in [1.54, 1.807) is 68.7 Å². The number of nitrogens with zero attached hydrogens (tertiary/aromatic N) is 2. The van der Waals surface area contributed by atoms with Crippen molar-refractivity contribution in [2.75, 3.05) is 23.9 Å². The van der Waals surface area contributed by atoms with Gasteiger partial charge in [0.25, 0.3) is 0 Å². The number of hydrogen-bond donors (Lipinski definition) is 0. The summed E-state index contributed by atoms with van der Waals surface area (Å²) in [7, 11) is 3.16. The van der Waals surface area contributed by atoms with Gasteiger partial charge in [-0.1, -0.05) is 42.5 Å². The van der Waals surface area contributed by atoms with Crippen LogP contribution >= 0.6 is 0 Å². The van der Waals surface area contributed by atoms with E-state index in [0.717, 1.165) is 0 Å². The molecule has 2 aromatic carbocycles. The molecule has 0 radical (unpaired) electrons. The van der Waals surface area contributed by atoms with E-state index in [4.69, 9.17) is 0 Å². The van der Waals surface area contributed by atoms with Crippen LogP contribution in [0.5, 0.6) is 0 Å². The van der Waals surface area contributed by atoms with Crippen molar-refractivity contribution in [3.05, 3.63) is 60.2 Å². The average molecular weight is 308 g/mol. The van der Waals surface area contributed by atoms with Crippen molar-refractivity contribution in [3.8, 4) is 0 Å². The van der Waals surface area contributed by atoms with Crippen molar-refractivity contribution in [1.82, 2.24) is 0 Å². The molecule has 1 aliphatic rings. The fourth-order valence-corrected chi connectivity index (χ4v) is 2.76. The highest BCUT2D eigenvalue weighted by molar-refractivity contribution is 6.30. The van der Waals surface area contributed by atoms with Crippen molar-refractivity contribution in [1.29, 1.82) is 0 Å². The zero-order valence-electron chi connectivity index (χ0n) is 12.9. The molecule has 5 nitrogen and oxygen atoms in total. The van der Waals surface area contributed by atoms with Gasteiger partial charge in [0, 0.05) is 19.7 Å². The summed E-state index contributed by atoms with van der Waals surface area (Å²) in [4.78, 5) is 40.9. The Bertz CT molecular complexity index is 745. The molecule has 1 heterocycles. The van der Waals surface area contributed by atoms with Crippen LogP contribution in [0.25, 0.3) is 0 Å². The number of carbonyl (C=O) groups excluding carboxylic acids is 3. The monoisotopic (exact) mass is 308 g/mol. The molecule has 0 N–H and O–H groups in total. The molecule has 0 aromatic heterocycles. The summed E-state index contributed by atoms with van der Waals surface area (Å²) in [5, 5.41) is 0. The Morgan fingerprint density at radius 3 is 1.70 bits per heavy atom. The van der Waals surface area contributed by atoms with E-state index in [1.807, 2.05) is 0 Å². The van der Waals surface area contributed by atoms with E-state index in [1.165, 1.54) is 9.80 Å². The maximum Gasteiger partial charge on any atom is 0.247 e. The smallest absolute Gasteiger partial charge is 0.247 e. The first-order valence-electron chi connectivity index (χ1n) is 7.26. The highest BCUT2D eigenvalue weighted by Crippen LogP contribution is 2.33. The lowest BCUT2D eigenvalue weighted by Gasteiger charge is -2.19. The van der Waals surface area contributed by atoms with Crippen LogP contribution in [0.15, 0.2) is 54.6 Å². The molecule has 0 unspecified atom stereocenters. The minimum atomic E-state index is -1.36. The van der Waals surface area contributed by atoms with Gasteiger partial charge in [0.1, 0.15) is 0 Å². The summed E-state index contributed by atoms with van der Waals surface area (Å²) in [6.07, 6.45) is 0. The second-order valence-electron chi connectivity index (χ2n) is 5.45. The van der Waals surface area contributed by atoms with Gasteiger partial charge in [-0.25, -0.2) is 0 Å². The highest BCUT2D eigenvalue weighted by Gasteiger charge is 2.42. The van der Waals surface area contributed by atoms with Crippen LogP contribution in [-0.4, -0.2) is 31.7 Å². The lowest BCUT2D eigenvalue weighted by Crippen LogP contribution is -2.44. The molecule has 0 bridgehead atoms. The summed E-state index contributed by atoms with van der Waals surface area (Å²) in [6, 6.07) is 15.5. The van der Waals surface area contributed by atoms with Crippen LogP contribution in [-0.2, 0) is 9.59 Å². The standard InChI is InChI=1S/C18H16N2O3/c1-19-13-10-6-7-11-14(13)20(2)18(23)15(17(19)22)16(21)12-8-4-3-5-9-12/h3-11,15H,1-2H3. The summed E-state index contributed by atoms with van der Waals surface area (Å²) in [5.74, 6) is -2.87. The Labute approximate surface area is 134 Å². The highest BCUT2D eigenvalue weighted by atomic mass is 16.2. The fraction of sp³-hybridized carbons (Fsp3) is 0.167. The Kier molecular flexibility index (Phi) is 3.70. The van der Waals surface area contributed by atoms with Crippen LogP contribution in [0.1, 0.15) is 10.4 Å². The topological polar surface area (TPSA) is 57.7 Å². The Morgan fingerprint density at radius 2 is 1.22 bits per heavy atom. The van der Waals surface area contributed by atoms with Gasteiger partial charge in [-0.05, 0) is 12.1 Å². The minimum Gasteiger partial charge on any atom is -0.312 e. The summed E-state index contributed by atoms with van der Waals surface area (Å²) < 4.78 is 0. The third-order valence-electron chi connectivity index (χ3n) is 4.08. The van der Waals surface area contributed by atoms with E-state index in [9.17, 15) is 14.4 Å². The van der Waals surface area contributed by atoms with Gasteiger partial charge >= 0.3 is 0 Å². The van der Waals surface area contributed by atoms with Crippen molar-refractivity contribution in [3.63, 3.8) is 0 Å². The number of ketones is 1. The lowest BCUT2D eigenvalue weighted by molar-refractivity contribution is -0.129. The zero-order valence-corrected chi connectivity index (χ0v) is 12.9. The normalized spacial score (nSPS) is 15.4. The number of Topliss-reactive ketones (excluding diaryl/α,β-unsaturated/α-hetero) is 1. The number of amides is 2. The van der Waals surface area contributed by atoms with Crippen LogP contribution in [0.3, 0.4) is 0 Å². The third kappa shape index (κ3) is 2.40. The molecular formula is C18H16N2O3. The Morgan fingerprint density at radius 1 is 0.783 bits per heavy atom. The van der Waals surface area contributed by atoms with Crippen molar-refractivity contribution in [2.24, 2.45) is 5.92 Å².